The predicted octanol–water partition coefficient (Wildman–Crippen LogP) is 13.5. The molecule has 0 saturated carbocycles. The molecule has 0 spiro atoms. The molecule has 0 aromatic heterocycles. The number of quaternary nitrogens is 1. The molecule has 0 saturated heterocycles. The van der Waals surface area contributed by atoms with E-state index >= 15 is 0 Å². The Morgan fingerprint density at radius 3 is 1.26 bits per heavy atom. The molecule has 0 aliphatic carbocycles. The minimum Gasteiger partial charge on any atom is -0.477 e. The van der Waals surface area contributed by atoms with Crippen LogP contribution in [0.1, 0.15) is 232 Å². The highest BCUT2D eigenvalue weighted by Crippen LogP contribution is 2.16. The van der Waals surface area contributed by atoms with Crippen LogP contribution in [-0.2, 0) is 28.6 Å². The van der Waals surface area contributed by atoms with Crippen LogP contribution in [0.5, 0.6) is 0 Å². The van der Waals surface area contributed by atoms with Gasteiger partial charge in [-0.3, -0.25) is 9.59 Å². The molecule has 2 atom stereocenters. The zero-order valence-corrected chi connectivity index (χ0v) is 38.3. The van der Waals surface area contributed by atoms with Crippen LogP contribution >= 0.6 is 0 Å². The van der Waals surface area contributed by atoms with Gasteiger partial charge in [0, 0.05) is 19.3 Å². The first-order valence-electron chi connectivity index (χ1n) is 24.2. The lowest BCUT2D eigenvalue weighted by Crippen LogP contribution is -2.50. The largest absolute Gasteiger partial charge is 0.477 e. The summed E-state index contributed by atoms with van der Waals surface area (Å²) in [5.74, 6) is -1.46. The number of hydrogen-bond donors (Lipinski definition) is 1. The van der Waals surface area contributed by atoms with E-state index < -0.39 is 18.1 Å². The van der Waals surface area contributed by atoms with Crippen molar-refractivity contribution in [2.45, 2.75) is 244 Å². The monoisotopic (exact) mass is 809 g/mol. The van der Waals surface area contributed by atoms with Crippen LogP contribution in [0.3, 0.4) is 0 Å². The topological polar surface area (TPSA) is 99.1 Å². The van der Waals surface area contributed by atoms with Crippen molar-refractivity contribution < 1.29 is 38.2 Å². The maximum atomic E-state index is 12.7. The van der Waals surface area contributed by atoms with E-state index in [1.807, 2.05) is 21.1 Å². The van der Waals surface area contributed by atoms with Gasteiger partial charge in [0.25, 0.3) is 0 Å². The fourth-order valence-corrected chi connectivity index (χ4v) is 7.38. The molecule has 0 aliphatic rings. The zero-order valence-electron chi connectivity index (χ0n) is 38.3. The highest BCUT2D eigenvalue weighted by Gasteiger charge is 2.31. The second-order valence-corrected chi connectivity index (χ2v) is 17.7. The van der Waals surface area contributed by atoms with Gasteiger partial charge in [0.05, 0.1) is 34.4 Å². The van der Waals surface area contributed by atoms with Crippen LogP contribution in [0.2, 0.25) is 0 Å². The van der Waals surface area contributed by atoms with Gasteiger partial charge in [-0.05, 0) is 38.5 Å². The maximum absolute atomic E-state index is 12.7. The van der Waals surface area contributed by atoms with E-state index in [0.29, 0.717) is 19.3 Å². The van der Waals surface area contributed by atoms with E-state index in [1.165, 1.54) is 161 Å². The highest BCUT2D eigenvalue weighted by atomic mass is 16.6. The molecule has 0 bridgehead atoms. The second kappa shape index (κ2) is 40.8. The summed E-state index contributed by atoms with van der Waals surface area (Å²) in [7, 11) is 5.53. The number of esters is 2. The van der Waals surface area contributed by atoms with Crippen LogP contribution in [0.25, 0.3) is 0 Å². The minimum atomic E-state index is -0.873. The number of likely N-dealkylation sites (N-methyl/N-ethyl adjacent to an activating group) is 1. The molecule has 0 heterocycles. The Balaban J connectivity index is 4.13. The average molecular weight is 809 g/mol. The minimum absolute atomic E-state index is 0.0475. The van der Waals surface area contributed by atoms with E-state index in [-0.39, 0.29) is 36.2 Å². The number of carbonyl (C=O) groups excluding carboxylic acids is 2. The van der Waals surface area contributed by atoms with Gasteiger partial charge in [-0.1, -0.05) is 187 Å². The zero-order chi connectivity index (χ0) is 42.1. The summed E-state index contributed by atoms with van der Waals surface area (Å²) in [6, 6.07) is -0.610. The standard InChI is InChI=1S/C49H93NO7/c1-6-8-10-12-14-16-18-19-20-21-22-23-24-25-26-27-28-29-30-32-33-35-37-39-47(51)56-44-45(43-55-42-41-46(49(53)54)50(3,4)5)57-48(52)40-38-36-34-31-17-15-13-11-9-7-2/h25-26,45-46H,6-24,27-44H2,1-5H3/p+1/b26-25+. The molecular weight excluding hydrogens is 715 g/mol. The number of hydrogen-bond acceptors (Lipinski definition) is 6. The summed E-state index contributed by atoms with van der Waals surface area (Å²) in [6.45, 7) is 4.75. The van der Waals surface area contributed by atoms with Crippen molar-refractivity contribution in [1.82, 2.24) is 0 Å². The number of ether oxygens (including phenoxy) is 3. The molecule has 57 heavy (non-hydrogen) atoms. The van der Waals surface area contributed by atoms with E-state index in [1.54, 1.807) is 0 Å². The fraction of sp³-hybridized carbons (Fsp3) is 0.898. The molecule has 0 amide bonds. The molecule has 0 fully saturated rings. The van der Waals surface area contributed by atoms with Crippen molar-refractivity contribution in [2.75, 3.05) is 41.0 Å². The molecule has 0 radical (unpaired) electrons. The lowest BCUT2D eigenvalue weighted by atomic mass is 10.0. The highest BCUT2D eigenvalue weighted by molar-refractivity contribution is 5.72. The molecule has 2 unspecified atom stereocenters. The molecule has 1 N–H and O–H groups in total. The number of unbranched alkanes of at least 4 members (excludes halogenated alkanes) is 28. The van der Waals surface area contributed by atoms with Gasteiger partial charge in [-0.2, -0.15) is 0 Å². The number of carboxylic acids is 1. The number of rotatable bonds is 44. The summed E-state index contributed by atoms with van der Waals surface area (Å²) < 4.78 is 17.3. The third-order valence-electron chi connectivity index (χ3n) is 11.2. The summed E-state index contributed by atoms with van der Waals surface area (Å²) in [4.78, 5) is 37.0. The van der Waals surface area contributed by atoms with Gasteiger partial charge in [-0.25, -0.2) is 4.79 Å². The van der Waals surface area contributed by atoms with E-state index in [0.717, 1.165) is 38.5 Å². The molecule has 0 aromatic carbocycles. The maximum Gasteiger partial charge on any atom is 0.362 e. The lowest BCUT2D eigenvalue weighted by molar-refractivity contribution is -0.887. The van der Waals surface area contributed by atoms with Crippen LogP contribution in [0, 0.1) is 0 Å². The Bertz CT molecular complexity index is 947. The van der Waals surface area contributed by atoms with Crippen LogP contribution < -0.4 is 0 Å². The second-order valence-electron chi connectivity index (χ2n) is 17.7. The number of allylic oxidation sites excluding steroid dienone is 2. The number of carboxylic acid groups (broad SMARTS) is 1. The van der Waals surface area contributed by atoms with Gasteiger partial charge >= 0.3 is 17.9 Å². The number of carbonyl (C=O) groups is 3. The van der Waals surface area contributed by atoms with Crippen LogP contribution in [0.4, 0.5) is 0 Å². The summed E-state index contributed by atoms with van der Waals surface area (Å²) in [5, 5.41) is 9.62. The van der Waals surface area contributed by atoms with Crippen molar-refractivity contribution in [3.05, 3.63) is 12.2 Å². The van der Waals surface area contributed by atoms with Gasteiger partial charge in [0.15, 0.2) is 12.1 Å². The number of nitrogens with zero attached hydrogens (tertiary/aromatic N) is 1. The third kappa shape index (κ3) is 39.3. The fourth-order valence-electron chi connectivity index (χ4n) is 7.38. The Labute approximate surface area is 352 Å². The van der Waals surface area contributed by atoms with Crippen molar-refractivity contribution in [1.29, 1.82) is 0 Å². The molecule has 8 heteroatoms. The average Bonchev–Trinajstić information content (AvgIpc) is 3.17. The van der Waals surface area contributed by atoms with Gasteiger partial charge < -0.3 is 23.8 Å². The summed E-state index contributed by atoms with van der Waals surface area (Å²) >= 11 is 0. The summed E-state index contributed by atoms with van der Waals surface area (Å²) in [5.41, 5.74) is 0. The molecule has 0 aliphatic heterocycles. The first kappa shape index (κ1) is 55.1. The van der Waals surface area contributed by atoms with E-state index in [4.69, 9.17) is 14.2 Å². The predicted molar refractivity (Wildman–Crippen MR) is 239 cm³/mol. The van der Waals surface area contributed by atoms with Gasteiger partial charge in [0.2, 0.25) is 0 Å². The van der Waals surface area contributed by atoms with Gasteiger partial charge in [-0.15, -0.1) is 0 Å². The van der Waals surface area contributed by atoms with Gasteiger partial charge in [0.1, 0.15) is 6.61 Å². The third-order valence-corrected chi connectivity index (χ3v) is 11.2. The molecule has 8 nitrogen and oxygen atoms in total. The molecule has 0 rings (SSSR count). The van der Waals surface area contributed by atoms with Crippen molar-refractivity contribution >= 4 is 17.9 Å². The van der Waals surface area contributed by atoms with Crippen LogP contribution in [0.15, 0.2) is 12.2 Å². The normalized spacial score (nSPS) is 12.9. The van der Waals surface area contributed by atoms with Crippen molar-refractivity contribution in [3.8, 4) is 0 Å². The lowest BCUT2D eigenvalue weighted by Gasteiger charge is -2.31. The first-order chi connectivity index (χ1) is 27.6. The molecule has 336 valence electrons. The smallest absolute Gasteiger partial charge is 0.362 e. The Hall–Kier alpha value is -1.93. The van der Waals surface area contributed by atoms with Crippen molar-refractivity contribution in [3.63, 3.8) is 0 Å². The van der Waals surface area contributed by atoms with E-state index in [9.17, 15) is 19.5 Å². The quantitative estimate of drug-likeness (QED) is 0.0283. The first-order valence-corrected chi connectivity index (χ1v) is 24.2. The molecular formula is C49H94NO7+. The SMILES string of the molecule is CCCCCCCCCCCCCC/C=C/CCCCCCCCCC(=O)OCC(COCCC(C(=O)O)[N+](C)(C)C)OC(=O)CCCCCCCCCCCC. The Morgan fingerprint density at radius 1 is 0.509 bits per heavy atom. The van der Waals surface area contributed by atoms with Crippen molar-refractivity contribution in [2.24, 2.45) is 0 Å². The van der Waals surface area contributed by atoms with Crippen LogP contribution in [-0.4, -0.2) is 80.6 Å². The Morgan fingerprint density at radius 2 is 0.877 bits per heavy atom. The Kier molecular flexibility index (Phi) is 39.4. The number of aliphatic carboxylic acids is 1. The summed E-state index contributed by atoms with van der Waals surface area (Å²) in [6.07, 6.45) is 44.1. The van der Waals surface area contributed by atoms with E-state index in [2.05, 4.69) is 26.0 Å². The molecule has 0 aromatic rings.